The first-order chi connectivity index (χ1) is 13.9. The highest BCUT2D eigenvalue weighted by Gasteiger charge is 2.39. The first kappa shape index (κ1) is 20.0. The number of imide groups is 1. The van der Waals surface area contributed by atoms with Gasteiger partial charge in [-0.25, -0.2) is 0 Å². The zero-order valence-electron chi connectivity index (χ0n) is 17.2. The monoisotopic (exact) mass is 398 g/mol. The van der Waals surface area contributed by atoms with E-state index >= 15 is 0 Å². The Kier molecular flexibility index (Phi) is 5.44. The molecule has 7 heteroatoms. The number of hydrogen-bond acceptors (Lipinski definition) is 5. The van der Waals surface area contributed by atoms with Crippen LogP contribution in [0.1, 0.15) is 61.0 Å². The summed E-state index contributed by atoms with van der Waals surface area (Å²) in [7, 11) is 0. The number of hydrogen-bond donors (Lipinski definition) is 3. The Morgan fingerprint density at radius 1 is 1.21 bits per heavy atom. The van der Waals surface area contributed by atoms with Gasteiger partial charge in [0.25, 0.3) is 5.91 Å². The summed E-state index contributed by atoms with van der Waals surface area (Å²) in [5, 5.41) is 9.52. The second-order valence-electron chi connectivity index (χ2n) is 9.08. The minimum atomic E-state index is -0.569. The molecule has 0 aromatic heterocycles. The Balaban J connectivity index is 1.43. The third kappa shape index (κ3) is 3.94. The number of nitrogens with one attached hydrogen (secondary N) is 3. The van der Waals surface area contributed by atoms with E-state index in [2.05, 4.69) is 29.8 Å². The highest BCUT2D eigenvalue weighted by atomic mass is 16.2. The van der Waals surface area contributed by atoms with Crippen molar-refractivity contribution in [3.63, 3.8) is 0 Å². The standard InChI is InChI=1S/C22H30N4O3/c1-22(2,18-7-4-10-24-18)13-23-11-14-5-3-6-15-16(14)12-26(21(15)29)17-8-9-19(27)25-20(17)28/h3,5-6,17-18,23-24H,4,7-13H2,1-2H3,(H,25,27,28). The van der Waals surface area contributed by atoms with E-state index in [4.69, 9.17) is 0 Å². The lowest BCUT2D eigenvalue weighted by molar-refractivity contribution is -0.136. The summed E-state index contributed by atoms with van der Waals surface area (Å²) in [6, 6.07) is 5.75. The second-order valence-corrected chi connectivity index (χ2v) is 9.08. The van der Waals surface area contributed by atoms with E-state index in [1.807, 2.05) is 18.2 Å². The fourth-order valence-electron chi connectivity index (χ4n) is 4.81. The number of carbonyl (C=O) groups excluding carboxylic acids is 3. The molecule has 3 heterocycles. The van der Waals surface area contributed by atoms with Gasteiger partial charge in [-0.1, -0.05) is 26.0 Å². The fourth-order valence-corrected chi connectivity index (χ4v) is 4.81. The molecular weight excluding hydrogens is 368 g/mol. The molecular formula is C22H30N4O3. The van der Waals surface area contributed by atoms with Crippen molar-refractivity contribution in [2.45, 2.75) is 64.7 Å². The molecule has 7 nitrogen and oxygen atoms in total. The molecule has 0 bridgehead atoms. The molecule has 0 saturated carbocycles. The van der Waals surface area contributed by atoms with Gasteiger partial charge in [0.2, 0.25) is 11.8 Å². The second kappa shape index (κ2) is 7.88. The molecule has 1 aromatic rings. The molecule has 3 aliphatic heterocycles. The maximum atomic E-state index is 12.9. The van der Waals surface area contributed by atoms with E-state index in [1.165, 1.54) is 12.8 Å². The minimum Gasteiger partial charge on any atom is -0.322 e. The highest BCUT2D eigenvalue weighted by Crippen LogP contribution is 2.30. The number of nitrogens with zero attached hydrogens (tertiary/aromatic N) is 1. The molecule has 3 N–H and O–H groups in total. The molecule has 2 unspecified atom stereocenters. The summed E-state index contributed by atoms with van der Waals surface area (Å²) in [6.07, 6.45) is 3.11. The van der Waals surface area contributed by atoms with Gasteiger partial charge in [0.1, 0.15) is 6.04 Å². The van der Waals surface area contributed by atoms with Crippen molar-refractivity contribution in [3.05, 3.63) is 34.9 Å². The minimum absolute atomic E-state index is 0.119. The summed E-state index contributed by atoms with van der Waals surface area (Å²) < 4.78 is 0. The number of fused-ring (bicyclic) bond motifs is 1. The predicted octanol–water partition coefficient (Wildman–Crippen LogP) is 1.32. The molecule has 3 amide bonds. The van der Waals surface area contributed by atoms with E-state index < -0.39 is 6.04 Å². The van der Waals surface area contributed by atoms with Crippen molar-refractivity contribution < 1.29 is 14.4 Å². The lowest BCUT2D eigenvalue weighted by Crippen LogP contribution is -2.52. The zero-order chi connectivity index (χ0) is 20.6. The first-order valence-electron chi connectivity index (χ1n) is 10.6. The summed E-state index contributed by atoms with van der Waals surface area (Å²) in [5.41, 5.74) is 2.92. The van der Waals surface area contributed by atoms with Gasteiger partial charge in [0.05, 0.1) is 0 Å². The summed E-state index contributed by atoms with van der Waals surface area (Å²) >= 11 is 0. The highest BCUT2D eigenvalue weighted by molar-refractivity contribution is 6.05. The van der Waals surface area contributed by atoms with Gasteiger partial charge >= 0.3 is 0 Å². The van der Waals surface area contributed by atoms with Gasteiger partial charge in [-0.2, -0.15) is 0 Å². The lowest BCUT2D eigenvalue weighted by Gasteiger charge is -2.32. The van der Waals surface area contributed by atoms with Crippen LogP contribution < -0.4 is 16.0 Å². The Morgan fingerprint density at radius 2 is 2.03 bits per heavy atom. The number of benzene rings is 1. The molecule has 0 radical (unpaired) electrons. The molecule has 2 fully saturated rings. The van der Waals surface area contributed by atoms with Crippen LogP contribution >= 0.6 is 0 Å². The number of amides is 3. The third-order valence-electron chi connectivity index (χ3n) is 6.58. The van der Waals surface area contributed by atoms with Crippen molar-refractivity contribution in [1.82, 2.24) is 20.9 Å². The molecule has 2 atom stereocenters. The maximum absolute atomic E-state index is 12.9. The van der Waals surface area contributed by atoms with Crippen LogP contribution in [0.15, 0.2) is 18.2 Å². The van der Waals surface area contributed by atoms with Gasteiger partial charge < -0.3 is 15.5 Å². The Bertz CT molecular complexity index is 829. The topological polar surface area (TPSA) is 90.5 Å². The normalized spacial score (nSPS) is 24.8. The molecule has 2 saturated heterocycles. The molecule has 1 aromatic carbocycles. The Hall–Kier alpha value is -2.25. The molecule has 29 heavy (non-hydrogen) atoms. The average molecular weight is 399 g/mol. The molecule has 4 rings (SSSR count). The van der Waals surface area contributed by atoms with Crippen molar-refractivity contribution in [1.29, 1.82) is 0 Å². The molecule has 0 spiro atoms. The van der Waals surface area contributed by atoms with E-state index in [1.54, 1.807) is 4.90 Å². The summed E-state index contributed by atoms with van der Waals surface area (Å²) in [4.78, 5) is 38.2. The van der Waals surface area contributed by atoms with Gasteiger partial charge in [-0.15, -0.1) is 0 Å². The predicted molar refractivity (Wildman–Crippen MR) is 109 cm³/mol. The SMILES string of the molecule is CC(C)(CNCc1cccc2c1CN(C1CCC(=O)NC1=O)C2=O)C1CCCN1. The average Bonchev–Trinajstić information content (AvgIpc) is 3.32. The molecule has 156 valence electrons. The van der Waals surface area contributed by atoms with Crippen molar-refractivity contribution in [2.75, 3.05) is 13.1 Å². The van der Waals surface area contributed by atoms with Crippen LogP contribution in [-0.4, -0.2) is 47.8 Å². The van der Waals surface area contributed by atoms with Crippen LogP contribution in [0.5, 0.6) is 0 Å². The number of carbonyl (C=O) groups is 3. The van der Waals surface area contributed by atoms with Gasteiger partial charge in [-0.05, 0) is 48.4 Å². The molecule has 3 aliphatic rings. The summed E-state index contributed by atoms with van der Waals surface area (Å²) in [5.74, 6) is -0.751. The van der Waals surface area contributed by atoms with Crippen LogP contribution in [0.3, 0.4) is 0 Å². The largest absolute Gasteiger partial charge is 0.322 e. The first-order valence-corrected chi connectivity index (χ1v) is 10.6. The smallest absolute Gasteiger partial charge is 0.255 e. The number of piperidine rings is 1. The van der Waals surface area contributed by atoms with Crippen molar-refractivity contribution in [2.24, 2.45) is 5.41 Å². The van der Waals surface area contributed by atoms with Crippen LogP contribution in [0.25, 0.3) is 0 Å². The van der Waals surface area contributed by atoms with Crippen molar-refractivity contribution in [3.8, 4) is 0 Å². The van der Waals surface area contributed by atoms with Gasteiger partial charge in [-0.3, -0.25) is 19.7 Å². The van der Waals surface area contributed by atoms with Gasteiger partial charge in [0, 0.05) is 37.7 Å². The third-order valence-corrected chi connectivity index (χ3v) is 6.58. The van der Waals surface area contributed by atoms with Crippen molar-refractivity contribution >= 4 is 17.7 Å². The van der Waals surface area contributed by atoms with E-state index in [0.29, 0.717) is 31.1 Å². The van der Waals surface area contributed by atoms with E-state index in [-0.39, 0.29) is 29.6 Å². The van der Waals surface area contributed by atoms with Crippen LogP contribution in [-0.2, 0) is 22.7 Å². The quantitative estimate of drug-likeness (QED) is 0.629. The lowest BCUT2D eigenvalue weighted by atomic mass is 9.83. The Morgan fingerprint density at radius 3 is 2.76 bits per heavy atom. The van der Waals surface area contributed by atoms with E-state index in [9.17, 15) is 14.4 Å². The van der Waals surface area contributed by atoms with E-state index in [0.717, 1.165) is 24.2 Å². The number of rotatable bonds is 6. The maximum Gasteiger partial charge on any atom is 0.255 e. The van der Waals surface area contributed by atoms with Crippen LogP contribution in [0, 0.1) is 5.41 Å². The fraction of sp³-hybridized carbons (Fsp3) is 0.591. The van der Waals surface area contributed by atoms with Crippen LogP contribution in [0.2, 0.25) is 0 Å². The molecule has 0 aliphatic carbocycles. The van der Waals surface area contributed by atoms with Gasteiger partial charge in [0.15, 0.2) is 0 Å². The summed E-state index contributed by atoms with van der Waals surface area (Å²) in [6.45, 7) is 7.67. The van der Waals surface area contributed by atoms with Crippen LogP contribution in [0.4, 0.5) is 0 Å². The Labute approximate surface area is 171 Å². The zero-order valence-corrected chi connectivity index (χ0v) is 17.2.